The molecule has 0 aliphatic rings. The van der Waals surface area contributed by atoms with Gasteiger partial charge in [-0.1, -0.05) is 12.1 Å². The Morgan fingerprint density at radius 2 is 1.76 bits per heavy atom. The summed E-state index contributed by atoms with van der Waals surface area (Å²) in [6.07, 6.45) is 3.29. The van der Waals surface area contributed by atoms with Crippen molar-refractivity contribution in [1.82, 2.24) is 4.98 Å². The molecule has 2 aromatic carbocycles. The van der Waals surface area contributed by atoms with Gasteiger partial charge < -0.3 is 15.5 Å². The van der Waals surface area contributed by atoms with Crippen LogP contribution in [0.2, 0.25) is 0 Å². The number of nitrogens with one attached hydrogen (secondary N) is 2. The maximum Gasteiger partial charge on any atom is 0.257 e. The number of hydrogen-bond donors (Lipinski definition) is 2. The zero-order chi connectivity index (χ0) is 20.8. The lowest BCUT2D eigenvalue weighted by atomic mass is 10.1. The first-order chi connectivity index (χ1) is 14.0. The minimum Gasteiger partial charge on any atom is -0.372 e. The van der Waals surface area contributed by atoms with E-state index in [1.54, 1.807) is 12.4 Å². The van der Waals surface area contributed by atoms with Crippen molar-refractivity contribution >= 4 is 28.7 Å². The van der Waals surface area contributed by atoms with Crippen LogP contribution in [0.3, 0.4) is 0 Å². The highest BCUT2D eigenvalue weighted by molar-refractivity contribution is 6.05. The first-order valence-electron chi connectivity index (χ1n) is 9.95. The fraction of sp³-hybridized carbons (Fsp3) is 0.250. The van der Waals surface area contributed by atoms with Crippen LogP contribution in [-0.4, -0.2) is 24.0 Å². The molecule has 0 bridgehead atoms. The van der Waals surface area contributed by atoms with E-state index >= 15 is 0 Å². The molecule has 1 amide bonds. The molecule has 29 heavy (non-hydrogen) atoms. The van der Waals surface area contributed by atoms with Crippen molar-refractivity contribution in [3.63, 3.8) is 0 Å². The smallest absolute Gasteiger partial charge is 0.257 e. The van der Waals surface area contributed by atoms with E-state index in [2.05, 4.69) is 40.4 Å². The average Bonchev–Trinajstić information content (AvgIpc) is 2.71. The Morgan fingerprint density at radius 3 is 2.45 bits per heavy atom. The predicted octanol–water partition coefficient (Wildman–Crippen LogP) is 5.54. The quantitative estimate of drug-likeness (QED) is 0.558. The van der Waals surface area contributed by atoms with Gasteiger partial charge in [0.2, 0.25) is 0 Å². The third-order valence-corrected chi connectivity index (χ3v) is 4.89. The Bertz CT molecular complexity index is 996. The summed E-state index contributed by atoms with van der Waals surface area (Å²) in [4.78, 5) is 19.3. The van der Waals surface area contributed by atoms with Gasteiger partial charge in [-0.05, 0) is 75.2 Å². The van der Waals surface area contributed by atoms with Gasteiger partial charge in [-0.3, -0.25) is 9.78 Å². The number of carbonyl (C=O) groups excluding carboxylic acids is 1. The van der Waals surface area contributed by atoms with Gasteiger partial charge in [0, 0.05) is 36.3 Å². The number of benzene rings is 2. The molecular formula is C24H28N4O. The Labute approximate surface area is 172 Å². The molecule has 0 fully saturated rings. The van der Waals surface area contributed by atoms with Gasteiger partial charge in [0.15, 0.2) is 0 Å². The molecule has 150 valence electrons. The van der Waals surface area contributed by atoms with E-state index in [4.69, 9.17) is 0 Å². The standard InChI is InChI=1S/C24H28N4O/c1-5-28(6-2)22-10-11-23(18(4)13-22)27-24(29)19-14-21(16-25-15-19)26-20-9-7-8-17(3)12-20/h7-16,26H,5-6H2,1-4H3,(H,27,29). The molecule has 5 nitrogen and oxygen atoms in total. The summed E-state index contributed by atoms with van der Waals surface area (Å²) >= 11 is 0. The van der Waals surface area contributed by atoms with E-state index < -0.39 is 0 Å². The first kappa shape index (κ1) is 20.4. The predicted molar refractivity (Wildman–Crippen MR) is 121 cm³/mol. The van der Waals surface area contributed by atoms with Gasteiger partial charge >= 0.3 is 0 Å². The van der Waals surface area contributed by atoms with Crippen LogP contribution < -0.4 is 15.5 Å². The van der Waals surface area contributed by atoms with Crippen molar-refractivity contribution in [2.45, 2.75) is 27.7 Å². The van der Waals surface area contributed by atoms with E-state index in [1.165, 1.54) is 5.56 Å². The van der Waals surface area contributed by atoms with Gasteiger partial charge in [0.25, 0.3) is 5.91 Å². The number of nitrogens with zero attached hydrogens (tertiary/aromatic N) is 2. The van der Waals surface area contributed by atoms with Gasteiger partial charge in [0.05, 0.1) is 17.4 Å². The maximum atomic E-state index is 12.8. The number of amides is 1. The molecule has 3 rings (SSSR count). The van der Waals surface area contributed by atoms with Crippen molar-refractivity contribution in [3.05, 3.63) is 77.6 Å². The van der Waals surface area contributed by atoms with Gasteiger partial charge in [-0.15, -0.1) is 0 Å². The fourth-order valence-electron chi connectivity index (χ4n) is 3.29. The van der Waals surface area contributed by atoms with E-state index in [0.717, 1.165) is 41.4 Å². The number of rotatable bonds is 7. The number of anilines is 4. The first-order valence-corrected chi connectivity index (χ1v) is 9.95. The maximum absolute atomic E-state index is 12.8. The summed E-state index contributed by atoms with van der Waals surface area (Å²) in [6.45, 7) is 10.2. The molecule has 5 heteroatoms. The number of hydrogen-bond acceptors (Lipinski definition) is 4. The highest BCUT2D eigenvalue weighted by Gasteiger charge is 2.11. The number of pyridine rings is 1. The van der Waals surface area contributed by atoms with Crippen LogP contribution in [0.25, 0.3) is 0 Å². The molecule has 1 aromatic heterocycles. The SMILES string of the molecule is CCN(CC)c1ccc(NC(=O)c2cncc(Nc3cccc(C)c3)c2)c(C)c1. The van der Waals surface area contributed by atoms with Gasteiger partial charge in [-0.25, -0.2) is 0 Å². The Morgan fingerprint density at radius 1 is 0.966 bits per heavy atom. The molecule has 0 aliphatic heterocycles. The number of carbonyl (C=O) groups is 1. The largest absolute Gasteiger partial charge is 0.372 e. The monoisotopic (exact) mass is 388 g/mol. The van der Waals surface area contributed by atoms with E-state index in [9.17, 15) is 4.79 Å². The van der Waals surface area contributed by atoms with Crippen molar-refractivity contribution in [1.29, 1.82) is 0 Å². The topological polar surface area (TPSA) is 57.3 Å². The zero-order valence-corrected chi connectivity index (χ0v) is 17.5. The Balaban J connectivity index is 1.74. The molecule has 0 spiro atoms. The highest BCUT2D eigenvalue weighted by Crippen LogP contribution is 2.24. The molecule has 0 saturated carbocycles. The molecule has 0 atom stereocenters. The van der Waals surface area contributed by atoms with E-state index in [1.807, 2.05) is 56.3 Å². The summed E-state index contributed by atoms with van der Waals surface area (Å²) in [7, 11) is 0. The summed E-state index contributed by atoms with van der Waals surface area (Å²) in [5, 5.41) is 6.30. The van der Waals surface area contributed by atoms with Crippen molar-refractivity contribution in [3.8, 4) is 0 Å². The zero-order valence-electron chi connectivity index (χ0n) is 17.5. The molecule has 0 aliphatic carbocycles. The van der Waals surface area contributed by atoms with Crippen LogP contribution in [0.4, 0.5) is 22.7 Å². The molecule has 0 radical (unpaired) electrons. The van der Waals surface area contributed by atoms with E-state index in [-0.39, 0.29) is 5.91 Å². The van der Waals surface area contributed by atoms with Crippen molar-refractivity contribution in [2.24, 2.45) is 0 Å². The van der Waals surface area contributed by atoms with Crippen LogP contribution in [0.15, 0.2) is 60.9 Å². The van der Waals surface area contributed by atoms with Crippen molar-refractivity contribution in [2.75, 3.05) is 28.6 Å². The lowest BCUT2D eigenvalue weighted by Gasteiger charge is -2.22. The molecular weight excluding hydrogens is 360 g/mol. The van der Waals surface area contributed by atoms with Crippen LogP contribution >= 0.6 is 0 Å². The fourth-order valence-corrected chi connectivity index (χ4v) is 3.29. The third-order valence-electron chi connectivity index (χ3n) is 4.89. The summed E-state index contributed by atoms with van der Waals surface area (Å²) < 4.78 is 0. The minimum atomic E-state index is -0.177. The minimum absolute atomic E-state index is 0.177. The van der Waals surface area contributed by atoms with Crippen LogP contribution in [0.5, 0.6) is 0 Å². The second kappa shape index (κ2) is 9.24. The number of aryl methyl sites for hydroxylation is 2. The summed E-state index contributed by atoms with van der Waals surface area (Å²) in [5.74, 6) is -0.177. The van der Waals surface area contributed by atoms with Gasteiger partial charge in [-0.2, -0.15) is 0 Å². The molecule has 1 heterocycles. The number of aromatic nitrogens is 1. The molecule has 3 aromatic rings. The Hall–Kier alpha value is -3.34. The lowest BCUT2D eigenvalue weighted by molar-refractivity contribution is 0.102. The van der Waals surface area contributed by atoms with Gasteiger partial charge in [0.1, 0.15) is 0 Å². The van der Waals surface area contributed by atoms with Crippen LogP contribution in [-0.2, 0) is 0 Å². The average molecular weight is 389 g/mol. The molecule has 2 N–H and O–H groups in total. The second-order valence-electron chi connectivity index (χ2n) is 7.08. The Kier molecular flexibility index (Phi) is 6.50. The lowest BCUT2D eigenvalue weighted by Crippen LogP contribution is -2.22. The molecule has 0 unspecified atom stereocenters. The van der Waals surface area contributed by atoms with E-state index in [0.29, 0.717) is 5.56 Å². The van der Waals surface area contributed by atoms with Crippen molar-refractivity contribution < 1.29 is 4.79 Å². The summed E-state index contributed by atoms with van der Waals surface area (Å²) in [6, 6.07) is 16.0. The molecule has 0 saturated heterocycles. The van der Waals surface area contributed by atoms with Crippen LogP contribution in [0, 0.1) is 13.8 Å². The second-order valence-corrected chi connectivity index (χ2v) is 7.08. The third kappa shape index (κ3) is 5.13. The summed E-state index contributed by atoms with van der Waals surface area (Å²) in [5.41, 5.74) is 6.42. The normalized spacial score (nSPS) is 10.5. The highest BCUT2D eigenvalue weighted by atomic mass is 16.1. The van der Waals surface area contributed by atoms with Crippen LogP contribution in [0.1, 0.15) is 35.3 Å².